The fourth-order valence-corrected chi connectivity index (χ4v) is 3.16. The first-order valence-electron chi connectivity index (χ1n) is 8.12. The highest BCUT2D eigenvalue weighted by Crippen LogP contribution is 2.22. The molecule has 2 aromatic rings. The molecule has 1 aromatic heterocycles. The van der Waals surface area contributed by atoms with Gasteiger partial charge in [-0.25, -0.2) is 4.79 Å². The number of urea groups is 1. The molecule has 0 bridgehead atoms. The maximum Gasteiger partial charge on any atom is 0.321 e. The van der Waals surface area contributed by atoms with Gasteiger partial charge in [0.25, 0.3) is 5.91 Å². The fourth-order valence-electron chi connectivity index (χ4n) is 2.31. The molecule has 3 amide bonds. The molecule has 128 valence electrons. The van der Waals surface area contributed by atoms with E-state index in [4.69, 9.17) is 0 Å². The van der Waals surface area contributed by atoms with Crippen LogP contribution in [0.25, 0.3) is 0 Å². The summed E-state index contributed by atoms with van der Waals surface area (Å²) in [5, 5.41) is 9.08. The zero-order valence-electron chi connectivity index (χ0n) is 14.0. The highest BCUT2D eigenvalue weighted by molar-refractivity contribution is 7.10. The van der Waals surface area contributed by atoms with Gasteiger partial charge in [0.2, 0.25) is 0 Å². The van der Waals surface area contributed by atoms with Gasteiger partial charge in [-0.3, -0.25) is 10.1 Å². The van der Waals surface area contributed by atoms with E-state index in [1.165, 1.54) is 4.88 Å². The van der Waals surface area contributed by atoms with Crippen LogP contribution in [0.4, 0.5) is 4.79 Å². The van der Waals surface area contributed by atoms with Crippen LogP contribution < -0.4 is 16.0 Å². The van der Waals surface area contributed by atoms with Crippen molar-refractivity contribution in [2.75, 3.05) is 6.54 Å². The van der Waals surface area contributed by atoms with E-state index < -0.39 is 6.03 Å². The maximum atomic E-state index is 12.0. The molecule has 0 fully saturated rings. The Hall–Kier alpha value is -2.18. The van der Waals surface area contributed by atoms with Crippen molar-refractivity contribution in [1.82, 2.24) is 10.6 Å². The zero-order chi connectivity index (χ0) is 17.4. The maximum absolute atomic E-state index is 12.0. The molecule has 2 atom stereocenters. The fraction of sp³-hybridized carbons (Fsp3) is 0.333. The predicted octanol–water partition coefficient (Wildman–Crippen LogP) is 2.03. The van der Waals surface area contributed by atoms with E-state index in [0.717, 1.165) is 12.0 Å². The van der Waals surface area contributed by atoms with E-state index in [9.17, 15) is 9.59 Å². The van der Waals surface area contributed by atoms with Crippen molar-refractivity contribution in [1.29, 1.82) is 0 Å². The quantitative estimate of drug-likeness (QED) is 0.717. The van der Waals surface area contributed by atoms with Crippen LogP contribution in [0.1, 0.15) is 36.8 Å². The second kappa shape index (κ2) is 9.20. The van der Waals surface area contributed by atoms with Crippen molar-refractivity contribution >= 4 is 23.3 Å². The number of carbonyl (C=O) groups excluding carboxylic acids is 2. The summed E-state index contributed by atoms with van der Waals surface area (Å²) in [5.74, 6) is -0.298. The molecule has 0 spiro atoms. The van der Waals surface area contributed by atoms with Gasteiger partial charge in [0.1, 0.15) is 6.04 Å². The van der Waals surface area contributed by atoms with Crippen molar-refractivity contribution < 1.29 is 14.9 Å². The zero-order valence-corrected chi connectivity index (χ0v) is 14.8. The third-order valence-corrected chi connectivity index (χ3v) is 4.75. The third-order valence-electron chi connectivity index (χ3n) is 3.79. The summed E-state index contributed by atoms with van der Waals surface area (Å²) < 4.78 is 0. The van der Waals surface area contributed by atoms with Gasteiger partial charge in [-0.15, -0.1) is 11.3 Å². The minimum atomic E-state index is -0.435. The Morgan fingerprint density at radius 2 is 1.92 bits per heavy atom. The first-order chi connectivity index (χ1) is 11.6. The van der Waals surface area contributed by atoms with Gasteiger partial charge >= 0.3 is 6.03 Å². The van der Waals surface area contributed by atoms with E-state index in [-0.39, 0.29) is 24.5 Å². The molecule has 4 N–H and O–H groups in total. The summed E-state index contributed by atoms with van der Waals surface area (Å²) in [6.45, 7) is 4.07. The number of benzene rings is 1. The minimum absolute atomic E-state index is 0.0463. The Morgan fingerprint density at radius 3 is 2.54 bits per heavy atom. The number of nitrogens with two attached hydrogens (primary N) is 1. The lowest BCUT2D eigenvalue weighted by molar-refractivity contribution is -0.676. The number of imide groups is 1. The molecule has 1 heterocycles. The van der Waals surface area contributed by atoms with E-state index in [1.807, 2.05) is 48.8 Å². The molecule has 0 unspecified atom stereocenters. The Kier molecular flexibility index (Phi) is 6.96. The molecule has 6 heteroatoms. The molecule has 0 aliphatic carbocycles. The van der Waals surface area contributed by atoms with E-state index in [0.29, 0.717) is 0 Å². The summed E-state index contributed by atoms with van der Waals surface area (Å²) in [4.78, 5) is 24.9. The largest absolute Gasteiger partial charge is 0.335 e. The SMILES string of the molecule is CC[C@H](C)NC(=O)NC(=O)C[NH2+][C@H](c1ccccc1)c1cccs1. The van der Waals surface area contributed by atoms with Crippen LogP contribution in [-0.4, -0.2) is 24.5 Å². The second-order valence-electron chi connectivity index (χ2n) is 5.67. The molecule has 0 aliphatic heterocycles. The number of rotatable bonds is 7. The number of nitrogens with one attached hydrogen (secondary N) is 2. The normalized spacial score (nSPS) is 13.1. The first kappa shape index (κ1) is 18.2. The van der Waals surface area contributed by atoms with Gasteiger partial charge in [-0.2, -0.15) is 0 Å². The van der Waals surface area contributed by atoms with E-state index >= 15 is 0 Å². The summed E-state index contributed by atoms with van der Waals surface area (Å²) in [7, 11) is 0. The van der Waals surface area contributed by atoms with Crippen molar-refractivity contribution in [3.05, 3.63) is 58.3 Å². The summed E-state index contributed by atoms with van der Waals surface area (Å²) in [6.07, 6.45) is 0.822. The number of hydrogen-bond donors (Lipinski definition) is 3. The van der Waals surface area contributed by atoms with Gasteiger partial charge in [0.05, 0.1) is 4.88 Å². The van der Waals surface area contributed by atoms with Gasteiger partial charge in [-0.05, 0) is 24.8 Å². The molecular weight excluding hydrogens is 322 g/mol. The standard InChI is InChI=1S/C18H23N3O2S/c1-3-13(2)20-18(23)21-16(22)12-19-17(15-10-7-11-24-15)14-8-5-4-6-9-14/h4-11,13,17,19H,3,12H2,1-2H3,(H2,20,21,22,23)/p+1/t13-,17+/m0/s1. The molecular formula is C18H24N3O2S+. The Bertz CT molecular complexity index is 644. The monoisotopic (exact) mass is 346 g/mol. The van der Waals surface area contributed by atoms with Crippen LogP contribution in [0.3, 0.4) is 0 Å². The summed E-state index contributed by atoms with van der Waals surface area (Å²) >= 11 is 1.66. The number of quaternary nitrogens is 1. The summed E-state index contributed by atoms with van der Waals surface area (Å²) in [6, 6.07) is 13.8. The van der Waals surface area contributed by atoms with Gasteiger partial charge in [0.15, 0.2) is 6.54 Å². The number of carbonyl (C=O) groups is 2. The second-order valence-corrected chi connectivity index (χ2v) is 6.65. The lowest BCUT2D eigenvalue weighted by atomic mass is 10.1. The smallest absolute Gasteiger partial charge is 0.321 e. The molecule has 2 rings (SSSR count). The van der Waals surface area contributed by atoms with Crippen LogP contribution in [0.5, 0.6) is 0 Å². The van der Waals surface area contributed by atoms with Crippen LogP contribution in [0.2, 0.25) is 0 Å². The molecule has 5 nitrogen and oxygen atoms in total. The Balaban J connectivity index is 1.94. The van der Waals surface area contributed by atoms with Crippen molar-refractivity contribution in [3.8, 4) is 0 Å². The molecule has 24 heavy (non-hydrogen) atoms. The highest BCUT2D eigenvalue weighted by Gasteiger charge is 2.20. The Labute approximate surface area is 146 Å². The van der Waals surface area contributed by atoms with Crippen LogP contribution in [-0.2, 0) is 4.79 Å². The van der Waals surface area contributed by atoms with Crippen LogP contribution in [0.15, 0.2) is 47.8 Å². The molecule has 0 radical (unpaired) electrons. The van der Waals surface area contributed by atoms with Gasteiger partial charge in [0, 0.05) is 11.6 Å². The third kappa shape index (κ3) is 5.47. The van der Waals surface area contributed by atoms with E-state index in [1.54, 1.807) is 11.3 Å². The Morgan fingerprint density at radius 1 is 1.17 bits per heavy atom. The topological polar surface area (TPSA) is 74.8 Å². The number of thiophene rings is 1. The average Bonchev–Trinajstić information content (AvgIpc) is 3.10. The van der Waals surface area contributed by atoms with Gasteiger partial charge < -0.3 is 10.6 Å². The summed E-state index contributed by atoms with van der Waals surface area (Å²) in [5.41, 5.74) is 1.14. The lowest BCUT2D eigenvalue weighted by Crippen LogP contribution is -2.87. The van der Waals surface area contributed by atoms with Crippen LogP contribution >= 0.6 is 11.3 Å². The van der Waals surface area contributed by atoms with Crippen molar-refractivity contribution in [2.24, 2.45) is 0 Å². The predicted molar refractivity (Wildman–Crippen MR) is 95.8 cm³/mol. The molecule has 0 aliphatic rings. The highest BCUT2D eigenvalue weighted by atomic mass is 32.1. The van der Waals surface area contributed by atoms with E-state index in [2.05, 4.69) is 28.8 Å². The molecule has 0 saturated heterocycles. The average molecular weight is 346 g/mol. The van der Waals surface area contributed by atoms with Crippen molar-refractivity contribution in [2.45, 2.75) is 32.4 Å². The number of hydrogen-bond acceptors (Lipinski definition) is 3. The first-order valence-corrected chi connectivity index (χ1v) is 9.00. The lowest BCUT2D eigenvalue weighted by Gasteiger charge is -2.15. The van der Waals surface area contributed by atoms with Gasteiger partial charge in [-0.1, -0.05) is 43.3 Å². The molecule has 1 aromatic carbocycles. The number of amides is 3. The minimum Gasteiger partial charge on any atom is -0.335 e. The van der Waals surface area contributed by atoms with Crippen LogP contribution in [0, 0.1) is 0 Å². The van der Waals surface area contributed by atoms with Crippen molar-refractivity contribution in [3.63, 3.8) is 0 Å². The molecule has 0 saturated carbocycles.